The van der Waals surface area contributed by atoms with Crippen LogP contribution >= 0.6 is 0 Å². The molecule has 0 spiro atoms. The fraction of sp³-hybridized carbons (Fsp3) is 0.611. The summed E-state index contributed by atoms with van der Waals surface area (Å²) in [7, 11) is 0. The number of carbonyl (C=O) groups excluding carboxylic acids is 3. The van der Waals surface area contributed by atoms with Gasteiger partial charge in [0.1, 0.15) is 0 Å². The summed E-state index contributed by atoms with van der Waals surface area (Å²) < 4.78 is 16.0. The molecule has 2 aliphatic rings. The Balaban J connectivity index is 2.73. The maximum absolute atomic E-state index is 11.9. The Hall–Kier alpha value is -1.40. The summed E-state index contributed by atoms with van der Waals surface area (Å²) in [5.41, 5.74) is 4.41. The Morgan fingerprint density at radius 3 is 1.76 bits per heavy atom. The summed E-state index contributed by atoms with van der Waals surface area (Å²) in [5, 5.41) is 0. The van der Waals surface area contributed by atoms with Crippen LogP contribution in [0.15, 0.2) is 22.3 Å². The second kappa shape index (κ2) is 7.08. The van der Waals surface area contributed by atoms with Crippen LogP contribution in [0.5, 0.6) is 0 Å². The molecule has 2 rings (SSSR count). The van der Waals surface area contributed by atoms with E-state index in [0.29, 0.717) is 0 Å². The number of hydrogen-bond donors (Lipinski definition) is 0. The first-order valence-corrected chi connectivity index (χ1v) is 11.2. The SMILES string of the molecule is CC(=O)[O][Ti]([O]C(C)=O)([O]C(C)=O)[C]1(C)C(C)=C(C)C2=C1CCCC2. The van der Waals surface area contributed by atoms with Crippen LogP contribution in [0, 0.1) is 0 Å². The predicted molar refractivity (Wildman–Crippen MR) is 87.5 cm³/mol. The zero-order valence-corrected chi connectivity index (χ0v) is 17.3. The summed E-state index contributed by atoms with van der Waals surface area (Å²) in [6, 6.07) is 0. The van der Waals surface area contributed by atoms with Crippen LogP contribution in [0.1, 0.15) is 67.2 Å². The van der Waals surface area contributed by atoms with E-state index in [4.69, 9.17) is 9.96 Å². The molecule has 0 saturated carbocycles. The van der Waals surface area contributed by atoms with Crippen LogP contribution in [0.3, 0.4) is 0 Å². The van der Waals surface area contributed by atoms with E-state index in [0.717, 1.165) is 42.4 Å². The molecule has 0 radical (unpaired) electrons. The van der Waals surface area contributed by atoms with Gasteiger partial charge in [0.2, 0.25) is 0 Å². The minimum absolute atomic E-state index is 0.612. The minimum atomic E-state index is -4.72. The van der Waals surface area contributed by atoms with E-state index in [1.54, 1.807) is 0 Å². The number of carbonyl (C=O) groups is 3. The van der Waals surface area contributed by atoms with Gasteiger partial charge in [-0.2, -0.15) is 0 Å². The molecular formula is C18H26O6Ti. The van der Waals surface area contributed by atoms with Crippen molar-refractivity contribution >= 4 is 17.9 Å². The molecule has 1 atom stereocenters. The van der Waals surface area contributed by atoms with E-state index >= 15 is 0 Å². The van der Waals surface area contributed by atoms with E-state index in [1.165, 1.54) is 26.3 Å². The molecule has 0 heterocycles. The van der Waals surface area contributed by atoms with Crippen molar-refractivity contribution in [1.82, 2.24) is 0 Å². The second-order valence-corrected chi connectivity index (χ2v) is 11.1. The van der Waals surface area contributed by atoms with Crippen LogP contribution in [0.4, 0.5) is 0 Å². The Morgan fingerprint density at radius 2 is 1.32 bits per heavy atom. The molecule has 0 fully saturated rings. The van der Waals surface area contributed by atoms with E-state index in [1.807, 2.05) is 20.8 Å². The monoisotopic (exact) mass is 386 g/mol. The van der Waals surface area contributed by atoms with Gasteiger partial charge >= 0.3 is 153 Å². The molecule has 0 amide bonds. The van der Waals surface area contributed by atoms with Gasteiger partial charge in [-0.3, -0.25) is 0 Å². The molecule has 0 aromatic carbocycles. The van der Waals surface area contributed by atoms with Crippen LogP contribution in [0.2, 0.25) is 3.72 Å². The van der Waals surface area contributed by atoms with Crippen molar-refractivity contribution < 1.29 is 42.1 Å². The fourth-order valence-corrected chi connectivity index (χ4v) is 8.99. The first kappa shape index (κ1) is 19.9. The first-order valence-electron chi connectivity index (χ1n) is 8.54. The van der Waals surface area contributed by atoms with E-state index in [-0.39, 0.29) is 0 Å². The topological polar surface area (TPSA) is 78.9 Å². The van der Waals surface area contributed by atoms with Crippen LogP contribution in [-0.4, -0.2) is 17.9 Å². The second-order valence-electron chi connectivity index (χ2n) is 6.88. The van der Waals surface area contributed by atoms with Crippen molar-refractivity contribution in [1.29, 1.82) is 0 Å². The average Bonchev–Trinajstić information content (AvgIpc) is 2.69. The van der Waals surface area contributed by atoms with Crippen molar-refractivity contribution in [3.05, 3.63) is 22.3 Å². The molecule has 0 aromatic rings. The van der Waals surface area contributed by atoms with Crippen LogP contribution < -0.4 is 0 Å². The van der Waals surface area contributed by atoms with Crippen molar-refractivity contribution in [2.75, 3.05) is 0 Å². The van der Waals surface area contributed by atoms with Gasteiger partial charge in [0.15, 0.2) is 0 Å². The molecule has 0 bridgehead atoms. The average molecular weight is 386 g/mol. The molecule has 25 heavy (non-hydrogen) atoms. The summed E-state index contributed by atoms with van der Waals surface area (Å²) in [5.74, 6) is -1.84. The van der Waals surface area contributed by atoms with Crippen LogP contribution in [0.25, 0.3) is 0 Å². The van der Waals surface area contributed by atoms with Gasteiger partial charge in [-0.05, 0) is 0 Å². The maximum atomic E-state index is 11.9. The summed E-state index contributed by atoms with van der Waals surface area (Å²) in [6.45, 7) is 9.61. The number of allylic oxidation sites excluding steroid dienone is 4. The standard InChI is InChI=1S/C12H17.3C2H4O2.Ti/c1-8-9(2)11-6-4-5-7-12(11)10(8)3;3*1-2(3)4;/h4-7H2,1-3H3;3*1H3,(H,3,4);/q;;;;+3/p-3. The number of rotatable bonds is 4. The van der Waals surface area contributed by atoms with E-state index in [2.05, 4.69) is 0 Å². The Morgan fingerprint density at radius 1 is 0.880 bits per heavy atom. The van der Waals surface area contributed by atoms with Crippen molar-refractivity contribution in [2.24, 2.45) is 0 Å². The van der Waals surface area contributed by atoms with Gasteiger partial charge in [-0.25, -0.2) is 0 Å². The Bertz CT molecular complexity index is 649. The molecular weight excluding hydrogens is 360 g/mol. The molecule has 0 aliphatic heterocycles. The third kappa shape index (κ3) is 3.34. The predicted octanol–water partition coefficient (Wildman–Crippen LogP) is 3.97. The zero-order valence-electron chi connectivity index (χ0n) is 15.8. The van der Waals surface area contributed by atoms with Crippen LogP contribution in [-0.2, 0) is 42.1 Å². The van der Waals surface area contributed by atoms with Gasteiger partial charge in [0.25, 0.3) is 0 Å². The quantitative estimate of drug-likeness (QED) is 0.681. The molecule has 2 aliphatic carbocycles. The van der Waals surface area contributed by atoms with Gasteiger partial charge in [0.05, 0.1) is 0 Å². The third-order valence-electron chi connectivity index (χ3n) is 5.28. The van der Waals surface area contributed by atoms with Gasteiger partial charge in [-0.1, -0.05) is 0 Å². The van der Waals surface area contributed by atoms with Crippen molar-refractivity contribution in [3.63, 3.8) is 0 Å². The third-order valence-corrected chi connectivity index (χ3v) is 10.9. The summed E-state index contributed by atoms with van der Waals surface area (Å²) >= 11 is -4.72. The Labute approximate surface area is 153 Å². The number of hydrogen-bond acceptors (Lipinski definition) is 6. The first-order chi connectivity index (χ1) is 11.5. The summed E-state index contributed by atoms with van der Waals surface area (Å²) in [4.78, 5) is 35.6. The van der Waals surface area contributed by atoms with E-state index in [9.17, 15) is 14.4 Å². The molecule has 1 unspecified atom stereocenters. The molecule has 7 heteroatoms. The van der Waals surface area contributed by atoms with Crippen molar-refractivity contribution in [2.45, 2.75) is 70.9 Å². The molecule has 0 aromatic heterocycles. The van der Waals surface area contributed by atoms with Gasteiger partial charge in [0, 0.05) is 0 Å². The normalized spacial score (nSPS) is 23.3. The van der Waals surface area contributed by atoms with Gasteiger partial charge < -0.3 is 0 Å². The molecule has 0 N–H and O–H groups in total. The molecule has 0 saturated heterocycles. The van der Waals surface area contributed by atoms with E-state index < -0.39 is 39.4 Å². The van der Waals surface area contributed by atoms with Crippen molar-refractivity contribution in [3.8, 4) is 0 Å². The zero-order chi connectivity index (χ0) is 19.0. The molecule has 6 nitrogen and oxygen atoms in total. The molecule has 138 valence electrons. The fourth-order valence-electron chi connectivity index (χ4n) is 4.05. The summed E-state index contributed by atoms with van der Waals surface area (Å²) in [6.07, 6.45) is 3.85. The van der Waals surface area contributed by atoms with Gasteiger partial charge in [-0.15, -0.1) is 0 Å². The Kier molecular flexibility index (Phi) is 5.64.